The van der Waals surface area contributed by atoms with Gasteiger partial charge in [-0.1, -0.05) is 41.9 Å². The number of rotatable bonds is 2. The summed E-state index contributed by atoms with van der Waals surface area (Å²) in [5, 5.41) is 0.738. The minimum absolute atomic E-state index is 0.246. The van der Waals surface area contributed by atoms with Crippen molar-refractivity contribution in [3.8, 4) is 0 Å². The minimum atomic E-state index is -3.61. The predicted molar refractivity (Wildman–Crippen MR) is 76.4 cm³/mol. The van der Waals surface area contributed by atoms with Gasteiger partial charge in [-0.25, -0.2) is 12.4 Å². The smallest absolute Gasteiger partial charge is 0.242 e. The van der Waals surface area contributed by atoms with Gasteiger partial charge in [0.2, 0.25) is 0 Å². The number of hydrogen-bond acceptors (Lipinski definition) is 2. The molecule has 0 amide bonds. The highest BCUT2D eigenvalue weighted by Crippen LogP contribution is 2.20. The standard InChI is InChI=1S/C14H10BNO2S/c15-13-10-16(14-9-5-4-8-12(13)14)19(17,18)11-6-2-1-3-7-11/h1-10H. The third-order valence-corrected chi connectivity index (χ3v) is 4.70. The molecule has 0 unspecified atom stereocenters. The van der Waals surface area contributed by atoms with Crippen molar-refractivity contribution in [1.82, 2.24) is 3.97 Å². The first-order valence-electron chi connectivity index (χ1n) is 5.77. The molecule has 0 bridgehead atoms. The van der Waals surface area contributed by atoms with Crippen LogP contribution < -0.4 is 5.46 Å². The minimum Gasteiger partial charge on any atom is -0.242 e. The molecule has 0 aliphatic rings. The van der Waals surface area contributed by atoms with E-state index in [1.165, 1.54) is 10.2 Å². The SMILES string of the molecule is [B]c1cn(S(=O)(=O)c2ccccc2)c2ccccc12. The molecule has 2 radical (unpaired) electrons. The second-order valence-electron chi connectivity index (χ2n) is 4.22. The van der Waals surface area contributed by atoms with Gasteiger partial charge in [0.15, 0.2) is 0 Å². The number of hydrogen-bond donors (Lipinski definition) is 0. The van der Waals surface area contributed by atoms with Crippen LogP contribution in [-0.2, 0) is 10.0 Å². The number of benzene rings is 2. The summed E-state index contributed by atoms with van der Waals surface area (Å²) in [5.74, 6) is 0. The van der Waals surface area contributed by atoms with Crippen LogP contribution in [0.2, 0.25) is 0 Å². The molecule has 0 fully saturated rings. The molecule has 3 aromatic rings. The van der Waals surface area contributed by atoms with Crippen LogP contribution in [0.5, 0.6) is 0 Å². The zero-order valence-electron chi connectivity index (χ0n) is 10.0. The monoisotopic (exact) mass is 267 g/mol. The molecule has 0 atom stereocenters. The fourth-order valence-electron chi connectivity index (χ4n) is 2.08. The summed E-state index contributed by atoms with van der Waals surface area (Å²) >= 11 is 0. The van der Waals surface area contributed by atoms with Gasteiger partial charge in [0.25, 0.3) is 10.0 Å². The molecule has 0 N–H and O–H groups in total. The Morgan fingerprint density at radius 3 is 2.26 bits per heavy atom. The maximum Gasteiger partial charge on any atom is 0.268 e. The molecule has 92 valence electrons. The first-order chi connectivity index (χ1) is 9.10. The van der Waals surface area contributed by atoms with Crippen molar-refractivity contribution in [2.75, 3.05) is 0 Å². The van der Waals surface area contributed by atoms with E-state index >= 15 is 0 Å². The molecule has 0 saturated heterocycles. The van der Waals surface area contributed by atoms with Gasteiger partial charge in [0.1, 0.15) is 7.85 Å². The van der Waals surface area contributed by atoms with Gasteiger partial charge in [-0.15, -0.1) is 0 Å². The highest BCUT2D eigenvalue weighted by atomic mass is 32.2. The van der Waals surface area contributed by atoms with Crippen molar-refractivity contribution in [3.63, 3.8) is 0 Å². The second-order valence-corrected chi connectivity index (χ2v) is 6.03. The van der Waals surface area contributed by atoms with Crippen LogP contribution in [0, 0.1) is 0 Å². The lowest BCUT2D eigenvalue weighted by Gasteiger charge is -2.07. The van der Waals surface area contributed by atoms with Crippen LogP contribution in [0.15, 0.2) is 65.7 Å². The molecule has 1 heterocycles. The predicted octanol–water partition coefficient (Wildman–Crippen LogP) is 1.67. The average Bonchev–Trinajstić information content (AvgIpc) is 2.79. The number of aromatic nitrogens is 1. The topological polar surface area (TPSA) is 39.1 Å². The maximum atomic E-state index is 12.6. The highest BCUT2D eigenvalue weighted by molar-refractivity contribution is 7.90. The van der Waals surface area contributed by atoms with E-state index in [9.17, 15) is 8.42 Å². The van der Waals surface area contributed by atoms with E-state index in [1.54, 1.807) is 42.5 Å². The Bertz CT molecular complexity index is 838. The molecule has 5 heteroatoms. The summed E-state index contributed by atoms with van der Waals surface area (Å²) < 4.78 is 26.4. The maximum absolute atomic E-state index is 12.6. The first-order valence-corrected chi connectivity index (χ1v) is 7.21. The van der Waals surface area contributed by atoms with E-state index in [2.05, 4.69) is 0 Å². The van der Waals surface area contributed by atoms with Gasteiger partial charge in [-0.2, -0.15) is 0 Å². The molecule has 0 spiro atoms. The Morgan fingerprint density at radius 2 is 1.53 bits per heavy atom. The van der Waals surface area contributed by atoms with E-state index in [4.69, 9.17) is 7.85 Å². The summed E-state index contributed by atoms with van der Waals surface area (Å²) in [7, 11) is 2.26. The Balaban J connectivity index is 2.31. The van der Waals surface area contributed by atoms with Crippen molar-refractivity contribution < 1.29 is 8.42 Å². The Morgan fingerprint density at radius 1 is 0.895 bits per heavy atom. The van der Waals surface area contributed by atoms with E-state index in [1.807, 2.05) is 12.1 Å². The quantitative estimate of drug-likeness (QED) is 0.662. The van der Waals surface area contributed by atoms with Crippen LogP contribution in [-0.4, -0.2) is 20.2 Å². The Kier molecular flexibility index (Phi) is 2.71. The van der Waals surface area contributed by atoms with Crippen LogP contribution in [0.3, 0.4) is 0 Å². The summed E-state index contributed by atoms with van der Waals surface area (Å²) in [4.78, 5) is 0.246. The molecular formula is C14H10BNO2S. The molecule has 2 aromatic carbocycles. The van der Waals surface area contributed by atoms with Crippen LogP contribution in [0.1, 0.15) is 0 Å². The second kappa shape index (κ2) is 4.28. The largest absolute Gasteiger partial charge is 0.268 e. The molecule has 3 nitrogen and oxygen atoms in total. The molecule has 3 rings (SSSR count). The lowest BCUT2D eigenvalue weighted by molar-refractivity contribution is 0.589. The van der Waals surface area contributed by atoms with Gasteiger partial charge in [0, 0.05) is 6.20 Å². The molecule has 0 aliphatic carbocycles. The van der Waals surface area contributed by atoms with Gasteiger partial charge in [-0.3, -0.25) is 0 Å². The normalized spacial score (nSPS) is 11.8. The first kappa shape index (κ1) is 12.1. The summed E-state index contributed by atoms with van der Waals surface area (Å²) in [6, 6.07) is 15.5. The van der Waals surface area contributed by atoms with Crippen molar-refractivity contribution in [2.45, 2.75) is 4.90 Å². The fraction of sp³-hybridized carbons (Fsp3) is 0. The molecule has 19 heavy (non-hydrogen) atoms. The zero-order chi connectivity index (χ0) is 13.5. The van der Waals surface area contributed by atoms with Crippen LogP contribution in [0.25, 0.3) is 10.9 Å². The zero-order valence-corrected chi connectivity index (χ0v) is 10.8. The van der Waals surface area contributed by atoms with E-state index in [0.717, 1.165) is 5.39 Å². The molecular weight excluding hydrogens is 257 g/mol. The van der Waals surface area contributed by atoms with E-state index < -0.39 is 10.0 Å². The molecule has 0 aliphatic heterocycles. The lowest BCUT2D eigenvalue weighted by atomic mass is 9.96. The number of fused-ring (bicyclic) bond motifs is 1. The highest BCUT2D eigenvalue weighted by Gasteiger charge is 2.19. The summed E-state index contributed by atoms with van der Waals surface area (Å²) in [5.41, 5.74) is 1.04. The Labute approximate surface area is 113 Å². The third kappa shape index (κ3) is 1.86. The van der Waals surface area contributed by atoms with Gasteiger partial charge >= 0.3 is 0 Å². The summed E-state index contributed by atoms with van der Waals surface area (Å²) in [6.45, 7) is 0. The lowest BCUT2D eigenvalue weighted by Crippen LogP contribution is -2.12. The van der Waals surface area contributed by atoms with Crippen LogP contribution in [0.4, 0.5) is 0 Å². The van der Waals surface area contributed by atoms with Crippen molar-refractivity contribution in [2.24, 2.45) is 0 Å². The van der Waals surface area contributed by atoms with Gasteiger partial charge < -0.3 is 0 Å². The van der Waals surface area contributed by atoms with Gasteiger partial charge in [0.05, 0.1) is 10.4 Å². The number of para-hydroxylation sites is 1. The average molecular weight is 267 g/mol. The van der Waals surface area contributed by atoms with Crippen molar-refractivity contribution >= 4 is 34.2 Å². The summed E-state index contributed by atoms with van der Waals surface area (Å²) in [6.07, 6.45) is 1.45. The van der Waals surface area contributed by atoms with Crippen molar-refractivity contribution in [3.05, 3.63) is 60.8 Å². The van der Waals surface area contributed by atoms with Crippen LogP contribution >= 0.6 is 0 Å². The van der Waals surface area contributed by atoms with Gasteiger partial charge in [-0.05, 0) is 23.6 Å². The van der Waals surface area contributed by atoms with E-state index in [0.29, 0.717) is 11.0 Å². The fourth-order valence-corrected chi connectivity index (χ4v) is 3.48. The number of nitrogens with zero attached hydrogens (tertiary/aromatic N) is 1. The van der Waals surface area contributed by atoms with Crippen molar-refractivity contribution in [1.29, 1.82) is 0 Å². The molecule has 0 saturated carbocycles. The molecule has 1 aromatic heterocycles. The Hall–Kier alpha value is -2.01. The third-order valence-electron chi connectivity index (χ3n) is 3.01. The van der Waals surface area contributed by atoms with E-state index in [-0.39, 0.29) is 4.90 Å².